The van der Waals surface area contributed by atoms with Crippen molar-refractivity contribution in [3.63, 3.8) is 0 Å². The van der Waals surface area contributed by atoms with Crippen LogP contribution in [-0.2, 0) is 0 Å². The number of amides is 1. The first-order chi connectivity index (χ1) is 14.0. The second-order valence-electron chi connectivity index (χ2n) is 7.05. The zero-order chi connectivity index (χ0) is 20.4. The van der Waals surface area contributed by atoms with E-state index in [-0.39, 0.29) is 0 Å². The van der Waals surface area contributed by atoms with E-state index in [1.165, 1.54) is 12.4 Å². The molecule has 0 aliphatic carbocycles. The van der Waals surface area contributed by atoms with E-state index in [2.05, 4.69) is 19.9 Å². The van der Waals surface area contributed by atoms with E-state index in [1.807, 2.05) is 6.07 Å². The molecule has 1 fully saturated rings. The smallest absolute Gasteiger partial charge is 0.250 e. The van der Waals surface area contributed by atoms with Gasteiger partial charge in [0.2, 0.25) is 0 Å². The van der Waals surface area contributed by atoms with Gasteiger partial charge in [-0.15, -0.1) is 0 Å². The van der Waals surface area contributed by atoms with Gasteiger partial charge in [-0.05, 0) is 42.2 Å². The number of nitrogens with zero attached hydrogens (tertiary/aromatic N) is 4. The van der Waals surface area contributed by atoms with Gasteiger partial charge in [0.15, 0.2) is 11.6 Å². The van der Waals surface area contributed by atoms with Crippen LogP contribution in [0, 0.1) is 17.6 Å². The summed E-state index contributed by atoms with van der Waals surface area (Å²) in [5, 5.41) is 0.787. The van der Waals surface area contributed by atoms with Crippen LogP contribution in [0.4, 0.5) is 14.5 Å². The first-order valence-corrected chi connectivity index (χ1v) is 9.25. The lowest BCUT2D eigenvalue weighted by molar-refractivity contribution is 0.100. The van der Waals surface area contributed by atoms with Gasteiger partial charge < -0.3 is 10.6 Å². The van der Waals surface area contributed by atoms with Gasteiger partial charge >= 0.3 is 0 Å². The summed E-state index contributed by atoms with van der Waals surface area (Å²) in [6.07, 6.45) is 5.61. The topological polar surface area (TPSA) is 84.5 Å². The molecule has 0 spiro atoms. The third-order valence-electron chi connectivity index (χ3n) is 5.09. The Kier molecular flexibility index (Phi) is 5.16. The highest BCUT2D eigenvalue weighted by Crippen LogP contribution is 2.31. The van der Waals surface area contributed by atoms with Crippen molar-refractivity contribution in [3.8, 4) is 0 Å². The highest BCUT2D eigenvalue weighted by molar-refractivity contribution is 6.07. The minimum Gasteiger partial charge on any atom is -0.371 e. The molecule has 4 rings (SSSR count). The molecule has 0 bridgehead atoms. The lowest BCUT2D eigenvalue weighted by Gasteiger charge is -2.20. The van der Waals surface area contributed by atoms with Gasteiger partial charge in [0.1, 0.15) is 6.33 Å². The predicted octanol–water partition coefficient (Wildman–Crippen LogP) is 2.95. The van der Waals surface area contributed by atoms with Crippen LogP contribution >= 0.6 is 0 Å². The first-order valence-electron chi connectivity index (χ1n) is 9.25. The monoisotopic (exact) mass is 395 g/mol. The lowest BCUT2D eigenvalue weighted by atomic mass is 10.1. The summed E-state index contributed by atoms with van der Waals surface area (Å²) in [5.41, 5.74) is 7.86. The summed E-state index contributed by atoms with van der Waals surface area (Å²) in [6.45, 7) is 2.21. The zero-order valence-electron chi connectivity index (χ0n) is 15.6. The number of rotatable bonds is 5. The van der Waals surface area contributed by atoms with Gasteiger partial charge in [-0.25, -0.2) is 18.7 Å². The number of carbonyl (C=O) groups is 1. The molecule has 1 amide bonds. The van der Waals surface area contributed by atoms with Crippen molar-refractivity contribution >= 4 is 28.7 Å². The number of hydrogen-bond donors (Lipinski definition) is 1. The highest BCUT2D eigenvalue weighted by atomic mass is 19.2. The van der Waals surface area contributed by atoms with Gasteiger partial charge in [-0.2, -0.15) is 0 Å². The summed E-state index contributed by atoms with van der Waals surface area (Å²) < 4.78 is 26.3. The minimum atomic E-state index is -0.880. The fourth-order valence-corrected chi connectivity index (χ4v) is 3.64. The number of fused-ring (bicyclic) bond motifs is 1. The molecule has 1 aromatic heterocycles. The van der Waals surface area contributed by atoms with E-state index in [0.717, 1.165) is 42.7 Å². The molecule has 1 saturated heterocycles. The number of halogens is 2. The molecular formula is C21H19F2N5O. The van der Waals surface area contributed by atoms with E-state index in [9.17, 15) is 13.6 Å². The Morgan fingerprint density at radius 3 is 2.93 bits per heavy atom. The number of benzene rings is 2. The maximum Gasteiger partial charge on any atom is 0.250 e. The molecule has 1 aliphatic heterocycles. The van der Waals surface area contributed by atoms with E-state index in [4.69, 9.17) is 5.73 Å². The van der Waals surface area contributed by atoms with Crippen LogP contribution in [0.15, 0.2) is 47.8 Å². The Morgan fingerprint density at radius 1 is 1.28 bits per heavy atom. The number of anilines is 1. The van der Waals surface area contributed by atoms with Gasteiger partial charge in [0.05, 0.1) is 11.1 Å². The van der Waals surface area contributed by atoms with Crippen molar-refractivity contribution in [2.75, 3.05) is 24.5 Å². The van der Waals surface area contributed by atoms with Crippen LogP contribution in [0.5, 0.6) is 0 Å². The number of nitrogens with two attached hydrogens (primary N) is 1. The Hall–Kier alpha value is -3.42. The van der Waals surface area contributed by atoms with Crippen molar-refractivity contribution in [1.29, 1.82) is 0 Å². The maximum absolute atomic E-state index is 13.3. The van der Waals surface area contributed by atoms with Crippen LogP contribution in [0.2, 0.25) is 0 Å². The molecule has 29 heavy (non-hydrogen) atoms. The first kappa shape index (κ1) is 18.9. The molecule has 8 heteroatoms. The molecule has 2 aromatic carbocycles. The van der Waals surface area contributed by atoms with Gasteiger partial charge in [0, 0.05) is 43.1 Å². The van der Waals surface area contributed by atoms with Gasteiger partial charge in [-0.3, -0.25) is 9.79 Å². The Balaban J connectivity index is 1.47. The van der Waals surface area contributed by atoms with Gasteiger partial charge in [-0.1, -0.05) is 6.07 Å². The average Bonchev–Trinajstić information content (AvgIpc) is 3.18. The van der Waals surface area contributed by atoms with E-state index in [1.54, 1.807) is 18.5 Å². The molecule has 6 nitrogen and oxygen atoms in total. The second-order valence-corrected chi connectivity index (χ2v) is 7.05. The normalized spacial score (nSPS) is 16.8. The maximum atomic E-state index is 13.3. The molecule has 2 N–H and O–H groups in total. The predicted molar refractivity (Wildman–Crippen MR) is 107 cm³/mol. The van der Waals surface area contributed by atoms with Crippen molar-refractivity contribution in [2.24, 2.45) is 16.6 Å². The van der Waals surface area contributed by atoms with Crippen LogP contribution in [0.25, 0.3) is 10.9 Å². The number of primary amides is 1. The third-order valence-corrected chi connectivity index (χ3v) is 5.09. The SMILES string of the molecule is NC(=O)c1ccc(N2CCC(CN=Cc3ccc(F)c(F)c3)C2)c2cncnc12. The lowest BCUT2D eigenvalue weighted by Crippen LogP contribution is -2.21. The Labute approximate surface area is 166 Å². The zero-order valence-corrected chi connectivity index (χ0v) is 15.6. The molecule has 1 atom stereocenters. The van der Waals surface area contributed by atoms with Crippen LogP contribution in [-0.4, -0.2) is 41.7 Å². The molecule has 1 aliphatic rings. The molecule has 0 saturated carbocycles. The Bertz CT molecular complexity index is 1100. The van der Waals surface area contributed by atoms with Crippen molar-refractivity contribution in [2.45, 2.75) is 6.42 Å². The molecule has 1 unspecified atom stereocenters. The largest absolute Gasteiger partial charge is 0.371 e. The fraction of sp³-hybridized carbons (Fsp3) is 0.238. The second kappa shape index (κ2) is 7.90. The summed E-state index contributed by atoms with van der Waals surface area (Å²) in [7, 11) is 0. The van der Waals surface area contributed by atoms with Crippen molar-refractivity contribution in [1.82, 2.24) is 9.97 Å². The van der Waals surface area contributed by atoms with E-state index >= 15 is 0 Å². The Morgan fingerprint density at radius 2 is 2.14 bits per heavy atom. The molecule has 0 radical (unpaired) electrons. The van der Waals surface area contributed by atoms with Crippen LogP contribution < -0.4 is 10.6 Å². The fourth-order valence-electron chi connectivity index (χ4n) is 3.64. The third kappa shape index (κ3) is 3.91. The van der Waals surface area contributed by atoms with Crippen molar-refractivity contribution in [3.05, 3.63) is 65.6 Å². The quantitative estimate of drug-likeness (QED) is 0.673. The number of carbonyl (C=O) groups excluding carboxylic acids is 1. The summed E-state index contributed by atoms with van der Waals surface area (Å²) in [4.78, 5) is 26.6. The van der Waals surface area contributed by atoms with Gasteiger partial charge in [0.25, 0.3) is 5.91 Å². The summed E-state index contributed by atoms with van der Waals surface area (Å²) in [6, 6.07) is 7.29. The highest BCUT2D eigenvalue weighted by Gasteiger charge is 2.24. The average molecular weight is 395 g/mol. The molecule has 2 heterocycles. The summed E-state index contributed by atoms with van der Waals surface area (Å²) in [5.74, 6) is -1.94. The molecule has 3 aromatic rings. The van der Waals surface area contributed by atoms with Crippen LogP contribution in [0.3, 0.4) is 0 Å². The minimum absolute atomic E-state index is 0.326. The molecular weight excluding hydrogens is 376 g/mol. The van der Waals surface area contributed by atoms with E-state index in [0.29, 0.717) is 29.1 Å². The van der Waals surface area contributed by atoms with E-state index < -0.39 is 17.5 Å². The number of aromatic nitrogens is 2. The van der Waals surface area contributed by atoms with Crippen molar-refractivity contribution < 1.29 is 13.6 Å². The number of aliphatic imine (C=N–C) groups is 1. The molecule has 148 valence electrons. The number of hydrogen-bond acceptors (Lipinski definition) is 5. The standard InChI is InChI=1S/C21H19F2N5O/c22-17-3-1-13(7-18(17)23)8-25-9-14-5-6-28(11-14)19-4-2-15(21(24)29)20-16(19)10-26-12-27-20/h1-4,7-8,10,12,14H,5-6,9,11H2,(H2,24,29). The van der Waals surface area contributed by atoms with Crippen LogP contribution in [0.1, 0.15) is 22.3 Å². The summed E-state index contributed by atoms with van der Waals surface area (Å²) >= 11 is 0.